The Morgan fingerprint density at radius 2 is 2.00 bits per heavy atom. The molecule has 2 rings (SSSR count). The zero-order valence-corrected chi connectivity index (χ0v) is 8.99. The van der Waals surface area contributed by atoms with Crippen LogP contribution >= 0.6 is 0 Å². The van der Waals surface area contributed by atoms with Gasteiger partial charge in [-0.3, -0.25) is 9.98 Å². The summed E-state index contributed by atoms with van der Waals surface area (Å²) in [6.45, 7) is 5.99. The van der Waals surface area contributed by atoms with Gasteiger partial charge in [0.1, 0.15) is 0 Å². The molecule has 0 bridgehead atoms. The molecule has 0 fully saturated rings. The summed E-state index contributed by atoms with van der Waals surface area (Å²) in [5, 5.41) is 0. The quantitative estimate of drug-likeness (QED) is 0.611. The first-order chi connectivity index (χ1) is 6.86. The van der Waals surface area contributed by atoms with Crippen molar-refractivity contribution in [3.05, 3.63) is 29.6 Å². The van der Waals surface area contributed by atoms with Crippen molar-refractivity contribution in [2.45, 2.75) is 27.2 Å². The molecular formula is C12H16N2. The Bertz CT molecular complexity index is 351. The van der Waals surface area contributed by atoms with Crippen molar-refractivity contribution in [1.82, 2.24) is 4.98 Å². The van der Waals surface area contributed by atoms with Crippen molar-refractivity contribution in [2.24, 2.45) is 4.99 Å². The normalized spacial score (nSPS) is 12.5. The van der Waals surface area contributed by atoms with Gasteiger partial charge in [0.05, 0.1) is 11.4 Å². The lowest BCUT2D eigenvalue weighted by Crippen LogP contribution is -1.84. The van der Waals surface area contributed by atoms with Gasteiger partial charge in [0.15, 0.2) is 0 Å². The number of nitrogens with zero attached hydrogens (tertiary/aromatic N) is 2. The number of pyridine rings is 1. The van der Waals surface area contributed by atoms with Crippen LogP contribution in [0.2, 0.25) is 0 Å². The van der Waals surface area contributed by atoms with E-state index in [0.29, 0.717) is 0 Å². The lowest BCUT2D eigenvalue weighted by Gasteiger charge is -1.98. The summed E-state index contributed by atoms with van der Waals surface area (Å²) in [4.78, 5) is 8.65. The van der Waals surface area contributed by atoms with Crippen LogP contribution in [0.4, 0.5) is 5.69 Å². The Morgan fingerprint density at radius 1 is 1.21 bits per heavy atom. The molecule has 0 N–H and O–H groups in total. The molecule has 2 heterocycles. The van der Waals surface area contributed by atoms with Crippen LogP contribution in [0, 0.1) is 6.92 Å². The van der Waals surface area contributed by atoms with E-state index in [4.69, 9.17) is 0 Å². The molecule has 1 aromatic heterocycles. The fraction of sp³-hybridized carbons (Fsp3) is 0.333. The largest absolute Gasteiger partial charge is 0.259 e. The fourth-order valence-electron chi connectivity index (χ4n) is 1.19. The van der Waals surface area contributed by atoms with E-state index in [-0.39, 0.29) is 0 Å². The molecule has 0 saturated carbocycles. The lowest BCUT2D eigenvalue weighted by molar-refractivity contribution is 1.18. The van der Waals surface area contributed by atoms with Crippen LogP contribution in [0.3, 0.4) is 0 Å². The first kappa shape index (κ1) is 10.6. The van der Waals surface area contributed by atoms with Gasteiger partial charge >= 0.3 is 0 Å². The maximum atomic E-state index is 4.37. The van der Waals surface area contributed by atoms with E-state index in [0.717, 1.165) is 23.5 Å². The minimum Gasteiger partial charge on any atom is -0.259 e. The third kappa shape index (κ3) is 2.52. The number of aliphatic imine (C=N–C) groups is 1. The molecular weight excluding hydrogens is 172 g/mol. The van der Waals surface area contributed by atoms with Crippen LogP contribution in [0.5, 0.6) is 0 Å². The number of allylic oxidation sites excluding steroid dienone is 1. The Balaban J connectivity index is 0.000000461. The number of hydrogen-bond donors (Lipinski definition) is 0. The molecule has 0 radical (unpaired) electrons. The van der Waals surface area contributed by atoms with Gasteiger partial charge in [-0.1, -0.05) is 19.9 Å². The SMILES string of the molecule is CC.Cc1ccc2c(n1)C=CCC=N2. The molecule has 1 aliphatic rings. The molecule has 0 atom stereocenters. The summed E-state index contributed by atoms with van der Waals surface area (Å²) < 4.78 is 0. The van der Waals surface area contributed by atoms with E-state index < -0.39 is 0 Å². The highest BCUT2D eigenvalue weighted by Crippen LogP contribution is 2.20. The van der Waals surface area contributed by atoms with Gasteiger partial charge in [-0.25, -0.2) is 0 Å². The van der Waals surface area contributed by atoms with Gasteiger partial charge in [0.2, 0.25) is 0 Å². The van der Waals surface area contributed by atoms with Crippen molar-refractivity contribution < 1.29 is 0 Å². The highest BCUT2D eigenvalue weighted by molar-refractivity contribution is 5.73. The van der Waals surface area contributed by atoms with Gasteiger partial charge in [0, 0.05) is 18.3 Å². The zero-order valence-electron chi connectivity index (χ0n) is 8.99. The second kappa shape index (κ2) is 5.32. The van der Waals surface area contributed by atoms with Gasteiger partial charge < -0.3 is 0 Å². The van der Waals surface area contributed by atoms with E-state index in [1.807, 2.05) is 45.2 Å². The first-order valence-electron chi connectivity index (χ1n) is 5.03. The van der Waals surface area contributed by atoms with Crippen LogP contribution in [-0.4, -0.2) is 11.2 Å². The van der Waals surface area contributed by atoms with E-state index in [9.17, 15) is 0 Å². The number of fused-ring (bicyclic) bond motifs is 1. The van der Waals surface area contributed by atoms with E-state index in [1.165, 1.54) is 0 Å². The molecule has 0 aromatic carbocycles. The molecule has 0 amide bonds. The zero-order chi connectivity index (χ0) is 10.4. The molecule has 0 spiro atoms. The Morgan fingerprint density at radius 3 is 2.79 bits per heavy atom. The van der Waals surface area contributed by atoms with E-state index >= 15 is 0 Å². The number of rotatable bonds is 0. The van der Waals surface area contributed by atoms with Crippen LogP contribution in [0.25, 0.3) is 6.08 Å². The third-order valence-electron chi connectivity index (χ3n) is 1.79. The predicted molar refractivity (Wildman–Crippen MR) is 62.1 cm³/mol. The van der Waals surface area contributed by atoms with Gasteiger partial charge in [-0.15, -0.1) is 0 Å². The van der Waals surface area contributed by atoms with Crippen LogP contribution in [0.15, 0.2) is 23.2 Å². The molecule has 0 aliphatic carbocycles. The summed E-state index contributed by atoms with van der Waals surface area (Å²) in [7, 11) is 0. The molecule has 2 heteroatoms. The highest BCUT2D eigenvalue weighted by Gasteiger charge is 2.00. The van der Waals surface area contributed by atoms with Crippen molar-refractivity contribution in [1.29, 1.82) is 0 Å². The summed E-state index contributed by atoms with van der Waals surface area (Å²) in [5.74, 6) is 0. The molecule has 14 heavy (non-hydrogen) atoms. The van der Waals surface area contributed by atoms with Crippen molar-refractivity contribution in [3.63, 3.8) is 0 Å². The molecule has 2 nitrogen and oxygen atoms in total. The molecule has 1 aromatic rings. The van der Waals surface area contributed by atoms with Gasteiger partial charge in [-0.2, -0.15) is 0 Å². The second-order valence-electron chi connectivity index (χ2n) is 2.81. The Hall–Kier alpha value is -1.44. The van der Waals surface area contributed by atoms with Crippen LogP contribution in [0.1, 0.15) is 31.7 Å². The smallest absolute Gasteiger partial charge is 0.0886 e. The van der Waals surface area contributed by atoms with Gasteiger partial charge in [-0.05, 0) is 25.1 Å². The molecule has 0 saturated heterocycles. The average molecular weight is 188 g/mol. The van der Waals surface area contributed by atoms with E-state index in [1.54, 1.807) is 0 Å². The lowest BCUT2D eigenvalue weighted by atomic mass is 10.2. The van der Waals surface area contributed by atoms with Crippen molar-refractivity contribution in [3.8, 4) is 0 Å². The summed E-state index contributed by atoms with van der Waals surface area (Å²) in [5.41, 5.74) is 2.98. The predicted octanol–water partition coefficient (Wildman–Crippen LogP) is 3.54. The second-order valence-corrected chi connectivity index (χ2v) is 2.81. The molecule has 1 aliphatic heterocycles. The van der Waals surface area contributed by atoms with E-state index in [2.05, 4.69) is 16.1 Å². The van der Waals surface area contributed by atoms with Crippen LogP contribution < -0.4 is 0 Å². The Kier molecular flexibility index (Phi) is 4.05. The molecule has 74 valence electrons. The minimum absolute atomic E-state index is 0.898. The summed E-state index contributed by atoms with van der Waals surface area (Å²) in [6, 6.07) is 3.99. The maximum Gasteiger partial charge on any atom is 0.0886 e. The third-order valence-corrected chi connectivity index (χ3v) is 1.79. The average Bonchev–Trinajstić information content (AvgIpc) is 2.45. The maximum absolute atomic E-state index is 4.37. The Labute approximate surface area is 85.4 Å². The first-order valence-corrected chi connectivity index (χ1v) is 5.03. The minimum atomic E-state index is 0.898. The van der Waals surface area contributed by atoms with Crippen molar-refractivity contribution in [2.75, 3.05) is 0 Å². The topological polar surface area (TPSA) is 25.2 Å². The van der Waals surface area contributed by atoms with Crippen LogP contribution in [-0.2, 0) is 0 Å². The number of aromatic nitrogens is 1. The monoisotopic (exact) mass is 188 g/mol. The fourth-order valence-corrected chi connectivity index (χ4v) is 1.19. The number of aryl methyl sites for hydroxylation is 1. The number of hydrogen-bond acceptors (Lipinski definition) is 2. The molecule has 0 unspecified atom stereocenters. The van der Waals surface area contributed by atoms with Gasteiger partial charge in [0.25, 0.3) is 0 Å². The summed E-state index contributed by atoms with van der Waals surface area (Å²) in [6.07, 6.45) is 6.89. The van der Waals surface area contributed by atoms with Crippen molar-refractivity contribution >= 4 is 18.0 Å². The highest BCUT2D eigenvalue weighted by atomic mass is 14.8. The standard InChI is InChI=1S/C10H10N2.C2H6/c1-8-5-6-9-10(12-8)4-2-3-7-11-9;1-2/h2,4-7H,3H2,1H3;1-2H3. The summed E-state index contributed by atoms with van der Waals surface area (Å²) >= 11 is 0.